The molecule has 0 bridgehead atoms. The van der Waals surface area contributed by atoms with Gasteiger partial charge in [-0.3, -0.25) is 4.57 Å². The molecule has 0 fully saturated rings. The first-order valence-corrected chi connectivity index (χ1v) is 7.35. The zero-order valence-corrected chi connectivity index (χ0v) is 11.2. The van der Waals surface area contributed by atoms with E-state index in [0.29, 0.717) is 0 Å². The van der Waals surface area contributed by atoms with Crippen molar-refractivity contribution in [2.75, 3.05) is 0 Å². The van der Waals surface area contributed by atoms with E-state index in [1.807, 2.05) is 35.2 Å². The highest BCUT2D eigenvalue weighted by Gasteiger charge is 2.05. The summed E-state index contributed by atoms with van der Waals surface area (Å²) in [7, 11) is 0. The Morgan fingerprint density at radius 2 is 1.78 bits per heavy atom. The fourth-order valence-electron chi connectivity index (χ4n) is 1.55. The van der Waals surface area contributed by atoms with E-state index in [9.17, 15) is 0 Å². The van der Waals surface area contributed by atoms with Crippen molar-refractivity contribution in [1.82, 2.24) is 14.8 Å². The molecule has 3 rings (SSSR count). The van der Waals surface area contributed by atoms with Gasteiger partial charge >= 0.3 is 0 Å². The SMILES string of the molecule is c1ccc(CSc2nnc(-n3cccc3)s2)cc1. The molecular formula is C13H11N3S2. The third kappa shape index (κ3) is 2.63. The van der Waals surface area contributed by atoms with E-state index in [1.54, 1.807) is 23.1 Å². The summed E-state index contributed by atoms with van der Waals surface area (Å²) in [4.78, 5) is 0. The van der Waals surface area contributed by atoms with Gasteiger partial charge in [0.05, 0.1) is 0 Å². The van der Waals surface area contributed by atoms with E-state index in [4.69, 9.17) is 0 Å². The first kappa shape index (κ1) is 11.5. The smallest absolute Gasteiger partial charge is 0.217 e. The summed E-state index contributed by atoms with van der Waals surface area (Å²) in [6.45, 7) is 0. The Hall–Kier alpha value is -1.59. The van der Waals surface area contributed by atoms with E-state index < -0.39 is 0 Å². The van der Waals surface area contributed by atoms with Gasteiger partial charge in [0.15, 0.2) is 4.34 Å². The highest BCUT2D eigenvalue weighted by Crippen LogP contribution is 2.27. The van der Waals surface area contributed by atoms with Gasteiger partial charge in [0, 0.05) is 18.1 Å². The lowest BCUT2D eigenvalue weighted by atomic mass is 10.2. The maximum atomic E-state index is 4.20. The van der Waals surface area contributed by atoms with Crippen molar-refractivity contribution in [3.05, 3.63) is 60.4 Å². The van der Waals surface area contributed by atoms with E-state index >= 15 is 0 Å². The molecule has 1 aromatic carbocycles. The van der Waals surface area contributed by atoms with E-state index in [0.717, 1.165) is 15.2 Å². The maximum Gasteiger partial charge on any atom is 0.217 e. The van der Waals surface area contributed by atoms with E-state index in [-0.39, 0.29) is 0 Å². The number of rotatable bonds is 4. The lowest BCUT2D eigenvalue weighted by Crippen LogP contribution is -1.86. The van der Waals surface area contributed by atoms with Crippen molar-refractivity contribution in [2.45, 2.75) is 10.1 Å². The fourth-order valence-corrected chi connectivity index (χ4v) is 3.31. The monoisotopic (exact) mass is 273 g/mol. The van der Waals surface area contributed by atoms with Gasteiger partial charge in [-0.2, -0.15) is 0 Å². The van der Waals surface area contributed by atoms with Crippen LogP contribution in [0, 0.1) is 0 Å². The molecule has 5 heteroatoms. The molecule has 3 nitrogen and oxygen atoms in total. The predicted octanol–water partition coefficient (Wildman–Crippen LogP) is 3.62. The van der Waals surface area contributed by atoms with Crippen LogP contribution in [0.2, 0.25) is 0 Å². The Morgan fingerprint density at radius 3 is 2.56 bits per heavy atom. The predicted molar refractivity (Wildman–Crippen MR) is 75.2 cm³/mol. The first-order valence-electron chi connectivity index (χ1n) is 5.55. The molecule has 18 heavy (non-hydrogen) atoms. The minimum atomic E-state index is 0.913. The minimum absolute atomic E-state index is 0.913. The molecule has 0 spiro atoms. The summed E-state index contributed by atoms with van der Waals surface area (Å²) in [6, 6.07) is 14.4. The first-order chi connectivity index (χ1) is 8.92. The third-order valence-corrected chi connectivity index (χ3v) is 4.57. The van der Waals surface area contributed by atoms with Crippen LogP contribution in [0.3, 0.4) is 0 Å². The van der Waals surface area contributed by atoms with Crippen LogP contribution in [-0.2, 0) is 5.75 Å². The Kier molecular flexibility index (Phi) is 3.43. The summed E-state index contributed by atoms with van der Waals surface area (Å²) >= 11 is 3.34. The van der Waals surface area contributed by atoms with Crippen molar-refractivity contribution in [1.29, 1.82) is 0 Å². The maximum absolute atomic E-state index is 4.20. The van der Waals surface area contributed by atoms with Crippen LogP contribution in [-0.4, -0.2) is 14.8 Å². The molecule has 0 N–H and O–H groups in total. The number of nitrogens with zero attached hydrogens (tertiary/aromatic N) is 3. The van der Waals surface area contributed by atoms with Gasteiger partial charge < -0.3 is 0 Å². The number of thioether (sulfide) groups is 1. The molecule has 0 radical (unpaired) electrons. The van der Waals surface area contributed by atoms with E-state index in [2.05, 4.69) is 34.5 Å². The van der Waals surface area contributed by atoms with Crippen LogP contribution in [0.5, 0.6) is 0 Å². The van der Waals surface area contributed by atoms with E-state index in [1.165, 1.54) is 5.56 Å². The van der Waals surface area contributed by atoms with Crippen molar-refractivity contribution in [3.8, 4) is 5.13 Å². The number of hydrogen-bond donors (Lipinski definition) is 0. The van der Waals surface area contributed by atoms with Crippen molar-refractivity contribution < 1.29 is 0 Å². The fraction of sp³-hybridized carbons (Fsp3) is 0.0769. The summed E-state index contributed by atoms with van der Waals surface area (Å²) in [5, 5.41) is 9.29. The lowest BCUT2D eigenvalue weighted by molar-refractivity contribution is 0.941. The average Bonchev–Trinajstić information content (AvgIpc) is 3.08. The third-order valence-electron chi connectivity index (χ3n) is 2.43. The number of aromatic nitrogens is 3. The van der Waals surface area contributed by atoms with Crippen LogP contribution in [0.4, 0.5) is 0 Å². The van der Waals surface area contributed by atoms with Gasteiger partial charge in [0.25, 0.3) is 0 Å². The zero-order chi connectivity index (χ0) is 12.2. The van der Waals surface area contributed by atoms with Crippen molar-refractivity contribution in [3.63, 3.8) is 0 Å². The molecule has 90 valence electrons. The van der Waals surface area contributed by atoms with Gasteiger partial charge in [-0.15, -0.1) is 10.2 Å². The molecule has 0 saturated carbocycles. The summed E-state index contributed by atoms with van der Waals surface area (Å²) < 4.78 is 2.98. The highest BCUT2D eigenvalue weighted by molar-refractivity contribution is 8.00. The molecule has 0 unspecified atom stereocenters. The van der Waals surface area contributed by atoms with Gasteiger partial charge in [0.1, 0.15) is 0 Å². The summed E-state index contributed by atoms with van der Waals surface area (Å²) in [6.07, 6.45) is 3.96. The van der Waals surface area contributed by atoms with Gasteiger partial charge in [0.2, 0.25) is 5.13 Å². The second-order valence-electron chi connectivity index (χ2n) is 3.72. The molecule has 2 heterocycles. The minimum Gasteiger partial charge on any atom is -0.299 e. The van der Waals surface area contributed by atoms with Gasteiger partial charge in [-0.25, -0.2) is 0 Å². The van der Waals surface area contributed by atoms with Gasteiger partial charge in [-0.05, 0) is 17.7 Å². The molecule has 0 amide bonds. The average molecular weight is 273 g/mol. The van der Waals surface area contributed by atoms with Crippen LogP contribution in [0.1, 0.15) is 5.56 Å². The zero-order valence-electron chi connectivity index (χ0n) is 9.56. The Bertz CT molecular complexity index is 602. The van der Waals surface area contributed by atoms with Crippen LogP contribution in [0.25, 0.3) is 5.13 Å². The van der Waals surface area contributed by atoms with Gasteiger partial charge in [-0.1, -0.05) is 53.4 Å². The lowest BCUT2D eigenvalue weighted by Gasteiger charge is -1.96. The Morgan fingerprint density at radius 1 is 1.00 bits per heavy atom. The summed E-state index contributed by atoms with van der Waals surface area (Å²) in [5.41, 5.74) is 1.31. The molecular weight excluding hydrogens is 262 g/mol. The second kappa shape index (κ2) is 5.37. The standard InChI is InChI=1S/C13H11N3S2/c1-2-6-11(7-3-1)10-17-13-15-14-12(18-13)16-8-4-5-9-16/h1-9H,10H2. The molecule has 3 aromatic rings. The Labute approximate surface area is 114 Å². The number of benzene rings is 1. The largest absolute Gasteiger partial charge is 0.299 e. The number of hydrogen-bond acceptors (Lipinski definition) is 4. The van der Waals surface area contributed by atoms with Crippen LogP contribution < -0.4 is 0 Å². The summed E-state index contributed by atoms with van der Waals surface area (Å²) in [5.74, 6) is 0.932. The van der Waals surface area contributed by atoms with Crippen LogP contribution >= 0.6 is 23.1 Å². The topological polar surface area (TPSA) is 30.7 Å². The normalized spacial score (nSPS) is 10.7. The van der Waals surface area contributed by atoms with Crippen molar-refractivity contribution >= 4 is 23.1 Å². The molecule has 0 aliphatic heterocycles. The molecule has 2 aromatic heterocycles. The molecule has 0 saturated heterocycles. The van der Waals surface area contributed by atoms with Crippen LogP contribution in [0.15, 0.2) is 59.2 Å². The molecule has 0 aliphatic rings. The molecule has 0 aliphatic carbocycles. The highest BCUT2D eigenvalue weighted by atomic mass is 32.2. The van der Waals surface area contributed by atoms with Crippen molar-refractivity contribution in [2.24, 2.45) is 0 Å². The quantitative estimate of drug-likeness (QED) is 0.680. The second-order valence-corrected chi connectivity index (χ2v) is 5.89. The molecule has 0 atom stereocenters. The Balaban J connectivity index is 1.68.